The number of hydrogen-bond donors (Lipinski definition) is 4. The van der Waals surface area contributed by atoms with Crippen molar-refractivity contribution in [3.05, 3.63) is 0 Å². The van der Waals surface area contributed by atoms with E-state index < -0.39 is 7.82 Å². The largest absolute Gasteiger partial charge is 1.00 e. The first-order valence-corrected chi connectivity index (χ1v) is 8.37. The molecule has 0 aliphatic rings. The van der Waals surface area contributed by atoms with Gasteiger partial charge in [-0.1, -0.05) is 64.7 Å². The molecule has 0 saturated heterocycles. The minimum atomic E-state index is -4.64. The smallest absolute Gasteiger partial charge is 1.00 e. The van der Waals surface area contributed by atoms with E-state index in [0.717, 1.165) is 6.42 Å². The van der Waals surface area contributed by atoms with Gasteiger partial charge >= 0.3 is 37.4 Å². The predicted octanol–water partition coefficient (Wildman–Crippen LogP) is 0.0875. The van der Waals surface area contributed by atoms with Crippen molar-refractivity contribution in [1.29, 1.82) is 0 Å². The monoisotopic (exact) mass is 308 g/mol. The van der Waals surface area contributed by atoms with Crippen LogP contribution < -0.4 is 29.6 Å². The molecule has 0 aromatic carbocycles. The molecule has 0 saturated carbocycles. The van der Waals surface area contributed by atoms with Crippen molar-refractivity contribution in [2.75, 3.05) is 6.61 Å². The quantitative estimate of drug-likeness (QED) is 0.260. The van der Waals surface area contributed by atoms with Gasteiger partial charge in [0.1, 0.15) is 0 Å². The second-order valence-corrected chi connectivity index (χ2v) is 5.45. The topological polar surface area (TPSA) is 98.0 Å². The summed E-state index contributed by atoms with van der Waals surface area (Å²) in [5, 5.41) is 8.57. The van der Waals surface area contributed by atoms with Gasteiger partial charge in [0.2, 0.25) is 0 Å². The van der Waals surface area contributed by atoms with Crippen LogP contribution in [0.4, 0.5) is 0 Å². The maximum atomic E-state index is 8.88. The fraction of sp³-hybridized carbons (Fsp3) is 1.00. The van der Waals surface area contributed by atoms with Gasteiger partial charge in [0, 0.05) is 6.61 Å². The molecule has 0 amide bonds. The molecule has 0 aromatic rings. The van der Waals surface area contributed by atoms with Crippen molar-refractivity contribution in [3.63, 3.8) is 0 Å². The van der Waals surface area contributed by atoms with Crippen molar-refractivity contribution in [3.8, 4) is 0 Å². The minimum absolute atomic E-state index is 0. The van der Waals surface area contributed by atoms with Crippen LogP contribution in [0.15, 0.2) is 0 Å². The molecule has 0 spiro atoms. The average Bonchev–Trinajstić information content (AvgIpc) is 2.25. The van der Waals surface area contributed by atoms with Gasteiger partial charge in [-0.25, -0.2) is 4.57 Å². The van der Waals surface area contributed by atoms with E-state index in [9.17, 15) is 0 Å². The second kappa shape index (κ2) is 19.1. The van der Waals surface area contributed by atoms with Crippen LogP contribution in [0.5, 0.6) is 0 Å². The fourth-order valence-corrected chi connectivity index (χ4v) is 1.60. The standard InChI is InChI=1S/C12H26O.Na.H3O4P.H/c1-2-3-4-5-6-7-8-9-10-11-12-13;;1-5(2,3)4;/h13H,2-12H2,1H3;;(H3,1,2,3,4);/q;+1;;-1. The Kier molecular flexibility index (Phi) is 25.1. The normalized spacial score (nSPS) is 10.4. The zero-order valence-corrected chi connectivity index (χ0v) is 15.3. The first kappa shape index (κ1) is 25.0. The van der Waals surface area contributed by atoms with Crippen molar-refractivity contribution in [2.45, 2.75) is 71.1 Å². The number of aliphatic hydroxyl groups excluding tert-OH is 1. The summed E-state index contributed by atoms with van der Waals surface area (Å²) in [6.45, 7) is 2.63. The summed E-state index contributed by atoms with van der Waals surface area (Å²) in [7, 11) is -4.64. The molecule has 0 unspecified atom stereocenters. The van der Waals surface area contributed by atoms with Crippen molar-refractivity contribution in [1.82, 2.24) is 0 Å². The Bertz CT molecular complexity index is 186. The third-order valence-corrected chi connectivity index (χ3v) is 2.51. The minimum Gasteiger partial charge on any atom is -1.00 e. The van der Waals surface area contributed by atoms with Gasteiger partial charge in [-0.05, 0) is 6.42 Å². The fourth-order valence-electron chi connectivity index (χ4n) is 1.60. The Morgan fingerprint density at radius 3 is 1.32 bits per heavy atom. The molecule has 0 atom stereocenters. The molecule has 5 nitrogen and oxygen atoms in total. The molecule has 0 aliphatic carbocycles. The Hall–Kier alpha value is 1.07. The van der Waals surface area contributed by atoms with Gasteiger partial charge in [-0.15, -0.1) is 0 Å². The summed E-state index contributed by atoms with van der Waals surface area (Å²) in [5.74, 6) is 0. The Labute approximate surface area is 140 Å². The molecule has 0 rings (SSSR count). The van der Waals surface area contributed by atoms with Gasteiger partial charge < -0.3 is 21.2 Å². The number of hydrogen-bond acceptors (Lipinski definition) is 2. The molecule has 0 radical (unpaired) electrons. The van der Waals surface area contributed by atoms with E-state index in [-0.39, 0.29) is 31.0 Å². The van der Waals surface area contributed by atoms with Crippen LogP contribution in [0.25, 0.3) is 0 Å². The summed E-state index contributed by atoms with van der Waals surface area (Å²) < 4.78 is 8.88. The maximum absolute atomic E-state index is 8.88. The van der Waals surface area contributed by atoms with Crippen LogP contribution in [0, 0.1) is 0 Å². The van der Waals surface area contributed by atoms with Crippen LogP contribution in [0.1, 0.15) is 72.6 Å². The molecule has 4 N–H and O–H groups in total. The first-order valence-electron chi connectivity index (χ1n) is 6.81. The van der Waals surface area contributed by atoms with Crippen LogP contribution in [0.3, 0.4) is 0 Å². The van der Waals surface area contributed by atoms with E-state index in [1.54, 1.807) is 0 Å². The molecule has 114 valence electrons. The molecule has 0 fully saturated rings. The SMILES string of the molecule is CCCCCCCCCCCCO.O=P(O)(O)O.[H-].[Na+]. The summed E-state index contributed by atoms with van der Waals surface area (Å²) in [6.07, 6.45) is 13.3. The molecule has 0 heterocycles. The van der Waals surface area contributed by atoms with Crippen LogP contribution in [0.2, 0.25) is 0 Å². The molecule has 19 heavy (non-hydrogen) atoms. The number of aliphatic hydroxyl groups is 1. The molecular formula is C12H30NaO5P. The number of phosphoric acid groups is 1. The van der Waals surface area contributed by atoms with Gasteiger partial charge in [0.15, 0.2) is 0 Å². The molecule has 0 bridgehead atoms. The molecule has 0 aromatic heterocycles. The van der Waals surface area contributed by atoms with E-state index >= 15 is 0 Å². The zero-order valence-electron chi connectivity index (χ0n) is 13.4. The Morgan fingerprint density at radius 1 is 0.789 bits per heavy atom. The Morgan fingerprint density at radius 2 is 1.05 bits per heavy atom. The molecular weight excluding hydrogens is 278 g/mol. The van der Waals surface area contributed by atoms with Crippen LogP contribution >= 0.6 is 7.82 Å². The average molecular weight is 308 g/mol. The van der Waals surface area contributed by atoms with Gasteiger partial charge in [0.05, 0.1) is 0 Å². The third-order valence-electron chi connectivity index (χ3n) is 2.51. The van der Waals surface area contributed by atoms with Crippen LogP contribution in [-0.2, 0) is 4.57 Å². The third kappa shape index (κ3) is 45.3. The van der Waals surface area contributed by atoms with E-state index in [1.807, 2.05) is 0 Å². The number of rotatable bonds is 10. The van der Waals surface area contributed by atoms with Crippen molar-refractivity contribution >= 4 is 7.82 Å². The summed E-state index contributed by atoms with van der Waals surface area (Å²) >= 11 is 0. The molecule has 7 heteroatoms. The van der Waals surface area contributed by atoms with E-state index in [0.29, 0.717) is 6.61 Å². The maximum Gasteiger partial charge on any atom is 1.00 e. The van der Waals surface area contributed by atoms with E-state index in [4.69, 9.17) is 24.4 Å². The summed E-state index contributed by atoms with van der Waals surface area (Å²) in [4.78, 5) is 21.6. The van der Waals surface area contributed by atoms with E-state index in [2.05, 4.69) is 6.92 Å². The Balaban J connectivity index is -0.000000158. The first-order chi connectivity index (χ1) is 8.41. The van der Waals surface area contributed by atoms with Crippen molar-refractivity contribution < 1.29 is 55.3 Å². The number of unbranched alkanes of at least 4 members (excludes halogenated alkanes) is 9. The summed E-state index contributed by atoms with van der Waals surface area (Å²) in [5.41, 5.74) is 0. The van der Waals surface area contributed by atoms with Gasteiger partial charge in [-0.3, -0.25) is 0 Å². The van der Waals surface area contributed by atoms with Crippen molar-refractivity contribution in [2.24, 2.45) is 0 Å². The van der Waals surface area contributed by atoms with Gasteiger partial charge in [0.25, 0.3) is 0 Å². The second-order valence-electron chi connectivity index (χ2n) is 4.42. The zero-order chi connectivity index (χ0) is 14.3. The predicted molar refractivity (Wildman–Crippen MR) is 74.3 cm³/mol. The molecule has 0 aliphatic heterocycles. The van der Waals surface area contributed by atoms with Gasteiger partial charge in [-0.2, -0.15) is 0 Å². The summed E-state index contributed by atoms with van der Waals surface area (Å²) in [6, 6.07) is 0. The van der Waals surface area contributed by atoms with Crippen LogP contribution in [-0.4, -0.2) is 26.4 Å². The van der Waals surface area contributed by atoms with E-state index in [1.165, 1.54) is 57.8 Å².